The minimum absolute atomic E-state index is 0. The van der Waals surface area contributed by atoms with E-state index in [4.69, 9.17) is 4.55 Å². The van der Waals surface area contributed by atoms with Crippen molar-refractivity contribution in [3.63, 3.8) is 0 Å². The van der Waals surface area contributed by atoms with Crippen LogP contribution in [0.4, 0.5) is 0 Å². The van der Waals surface area contributed by atoms with Crippen LogP contribution in [-0.2, 0) is 34.3 Å². The fourth-order valence-electron chi connectivity index (χ4n) is 5.46. The largest absolute Gasteiger partial charge is 1.00 e. The van der Waals surface area contributed by atoms with Crippen molar-refractivity contribution in [2.75, 3.05) is 6.61 Å². The summed E-state index contributed by atoms with van der Waals surface area (Å²) in [5, 5.41) is 19.3. The molecule has 0 aliphatic carbocycles. The summed E-state index contributed by atoms with van der Waals surface area (Å²) >= 11 is 0. The van der Waals surface area contributed by atoms with Crippen LogP contribution in [0.1, 0.15) is 178 Å². The van der Waals surface area contributed by atoms with Gasteiger partial charge in [-0.25, -0.2) is 4.18 Å². The van der Waals surface area contributed by atoms with Crippen molar-refractivity contribution < 1.29 is 112 Å². The molecule has 0 aliphatic heterocycles. The second-order valence-electron chi connectivity index (χ2n) is 12.1. The number of unbranched alkanes of at least 4 members (excludes halogenated alkanes) is 19. The average molecular weight is 737 g/mol. The molecule has 0 aromatic rings. The number of hydrogen-bond acceptors (Lipinski definition) is 7. The summed E-state index contributed by atoms with van der Waals surface area (Å²) in [5.41, 5.74) is 0. The summed E-state index contributed by atoms with van der Waals surface area (Å²) in [6.45, 7) is 6.45. The topological polar surface area (TPSA) is 193 Å². The number of aliphatic carboxylic acids is 2. The Labute approximate surface area is 333 Å². The first-order valence-corrected chi connectivity index (χ1v) is 20.1. The molecule has 0 spiro atoms. The number of carboxylic acids is 2. The van der Waals surface area contributed by atoms with E-state index in [0.717, 1.165) is 64.2 Å². The molecule has 4 N–H and O–H groups in total. The van der Waals surface area contributed by atoms with Crippen LogP contribution in [0.15, 0.2) is 0 Å². The second-order valence-corrected chi connectivity index (χ2v) is 14.8. The van der Waals surface area contributed by atoms with Gasteiger partial charge in [0.25, 0.3) is 10.1 Å². The van der Waals surface area contributed by atoms with Gasteiger partial charge in [0.05, 0.1) is 12.5 Å². The monoisotopic (exact) mass is 736 g/mol. The van der Waals surface area contributed by atoms with E-state index >= 15 is 0 Å². The van der Waals surface area contributed by atoms with E-state index in [1.165, 1.54) is 44.9 Å². The van der Waals surface area contributed by atoms with Crippen molar-refractivity contribution in [1.29, 1.82) is 0 Å². The van der Waals surface area contributed by atoms with Gasteiger partial charge in [-0.15, -0.1) is 0 Å². The number of rotatable bonds is 30. The van der Waals surface area contributed by atoms with Gasteiger partial charge >= 0.3 is 81.5 Å². The summed E-state index contributed by atoms with van der Waals surface area (Å²) in [5.74, 6) is -4.93. The fraction of sp³-hybridized carbons (Fsp3) is 0.938. The SMILES string of the molecule is CCCCCCCCC(C(=O)O)C(CCCCCCCC)(C(=O)O)S(=O)(=O)O.CCCCCCCCCCCCOS(=O)(=O)O.[H-].[H-].[Na+].[Na+]. The first kappa shape index (κ1) is 54.5. The van der Waals surface area contributed by atoms with Crippen molar-refractivity contribution in [3.05, 3.63) is 0 Å². The summed E-state index contributed by atoms with van der Waals surface area (Å²) in [6, 6.07) is 0. The van der Waals surface area contributed by atoms with E-state index in [1.54, 1.807) is 0 Å². The van der Waals surface area contributed by atoms with Gasteiger partial charge in [-0.1, -0.05) is 156 Å². The molecule has 0 fully saturated rings. The minimum Gasteiger partial charge on any atom is -1.00 e. The number of carboxylic acid groups (broad SMARTS) is 2. The smallest absolute Gasteiger partial charge is 1.00 e. The molecule has 15 heteroatoms. The Morgan fingerprint density at radius 3 is 1.26 bits per heavy atom. The number of carbonyl (C=O) groups is 2. The van der Waals surface area contributed by atoms with Crippen LogP contribution in [0.3, 0.4) is 0 Å². The van der Waals surface area contributed by atoms with Crippen LogP contribution in [0.2, 0.25) is 0 Å². The Morgan fingerprint density at radius 2 is 0.936 bits per heavy atom. The van der Waals surface area contributed by atoms with E-state index in [-0.39, 0.29) is 87.8 Å². The standard InChI is InChI=1S/C20H38O7S.C12H26O4S.2Na.2H/c1-3-5-7-9-11-13-15-17(18(21)22)20(19(23)24,28(25,26)27)16-14-12-10-8-6-4-2;1-2-3-4-5-6-7-8-9-10-11-12-16-17(13,14)15;;;;/h17H,3-16H2,1-2H3,(H,21,22)(H,23,24)(H,25,26,27);2-12H2,1H3,(H,13,14,15);;;;/q;;2*+1;2*-1. The molecule has 0 amide bonds. The van der Waals surface area contributed by atoms with Crippen LogP contribution in [0, 0.1) is 5.92 Å². The van der Waals surface area contributed by atoms with Gasteiger partial charge in [-0.3, -0.25) is 18.7 Å². The first-order chi connectivity index (χ1) is 21.2. The van der Waals surface area contributed by atoms with Gasteiger partial charge in [0.2, 0.25) is 4.75 Å². The van der Waals surface area contributed by atoms with Crippen molar-refractivity contribution in [2.24, 2.45) is 5.92 Å². The predicted octanol–water partition coefficient (Wildman–Crippen LogP) is 2.86. The third kappa shape index (κ3) is 29.0. The molecule has 0 saturated carbocycles. The van der Waals surface area contributed by atoms with Crippen LogP contribution < -0.4 is 59.1 Å². The maximum atomic E-state index is 12.1. The molecular formula is C32H66Na2O11S2. The number of hydrogen-bond donors (Lipinski definition) is 4. The summed E-state index contributed by atoms with van der Waals surface area (Å²) in [7, 11) is -9.33. The Balaban J connectivity index is -0.000000192. The molecule has 0 bridgehead atoms. The fourth-order valence-corrected chi connectivity index (χ4v) is 6.99. The molecular weight excluding hydrogens is 670 g/mol. The maximum absolute atomic E-state index is 12.1. The molecule has 0 heterocycles. The molecule has 0 saturated heterocycles. The zero-order valence-corrected chi connectivity index (χ0v) is 35.9. The molecule has 0 aromatic heterocycles. The third-order valence-corrected chi connectivity index (χ3v) is 10.2. The van der Waals surface area contributed by atoms with Crippen LogP contribution in [0.5, 0.6) is 0 Å². The molecule has 0 aromatic carbocycles. The molecule has 0 aliphatic rings. The van der Waals surface area contributed by atoms with E-state index < -0.39 is 43.1 Å². The summed E-state index contributed by atoms with van der Waals surface area (Å²) in [6.07, 6.45) is 21.3. The van der Waals surface area contributed by atoms with Crippen LogP contribution in [0.25, 0.3) is 0 Å². The zero-order chi connectivity index (χ0) is 34.6. The predicted molar refractivity (Wildman–Crippen MR) is 181 cm³/mol. The van der Waals surface area contributed by atoms with E-state index in [1.807, 2.05) is 0 Å². The van der Waals surface area contributed by atoms with Gasteiger partial charge in [-0.05, 0) is 19.3 Å². The third-order valence-electron chi connectivity index (χ3n) is 8.16. The normalized spacial score (nSPS) is 13.3. The van der Waals surface area contributed by atoms with E-state index in [9.17, 15) is 41.2 Å². The van der Waals surface area contributed by atoms with Crippen molar-refractivity contribution in [1.82, 2.24) is 0 Å². The van der Waals surface area contributed by atoms with Crippen LogP contribution in [-0.4, -0.2) is 59.4 Å². The van der Waals surface area contributed by atoms with Crippen molar-refractivity contribution in [2.45, 2.75) is 180 Å². The maximum Gasteiger partial charge on any atom is 1.00 e. The van der Waals surface area contributed by atoms with Gasteiger partial charge in [-0.2, -0.15) is 16.8 Å². The van der Waals surface area contributed by atoms with Crippen molar-refractivity contribution >= 4 is 32.5 Å². The van der Waals surface area contributed by atoms with Gasteiger partial charge in [0.15, 0.2) is 0 Å². The Kier molecular flexibility index (Phi) is 39.2. The Bertz CT molecular complexity index is 976. The Hall–Kier alpha value is 0.720. The Morgan fingerprint density at radius 1 is 0.596 bits per heavy atom. The molecule has 0 rings (SSSR count). The van der Waals surface area contributed by atoms with Crippen LogP contribution >= 0.6 is 0 Å². The molecule has 2 unspecified atom stereocenters. The first-order valence-electron chi connectivity index (χ1n) is 17.3. The summed E-state index contributed by atoms with van der Waals surface area (Å²) in [4.78, 5) is 23.8. The van der Waals surface area contributed by atoms with E-state index in [0.29, 0.717) is 25.7 Å². The molecule has 0 radical (unpaired) electrons. The zero-order valence-electron chi connectivity index (χ0n) is 32.2. The van der Waals surface area contributed by atoms with Gasteiger partial charge < -0.3 is 13.1 Å². The summed E-state index contributed by atoms with van der Waals surface area (Å²) < 4.78 is 64.2. The van der Waals surface area contributed by atoms with Gasteiger partial charge in [0.1, 0.15) is 0 Å². The molecule has 11 nitrogen and oxygen atoms in total. The van der Waals surface area contributed by atoms with E-state index in [2.05, 4.69) is 25.0 Å². The second kappa shape index (κ2) is 33.8. The quantitative estimate of drug-likeness (QED) is 0.0482. The van der Waals surface area contributed by atoms with Crippen molar-refractivity contribution in [3.8, 4) is 0 Å². The van der Waals surface area contributed by atoms with Gasteiger partial charge in [0, 0.05) is 0 Å². The molecule has 274 valence electrons. The molecule has 47 heavy (non-hydrogen) atoms. The minimum atomic E-state index is -5.10. The average Bonchev–Trinajstić information content (AvgIpc) is 2.94. The molecule has 2 atom stereocenters.